The second-order valence-corrected chi connectivity index (χ2v) is 5.92. The third-order valence-corrected chi connectivity index (χ3v) is 4.65. The molecule has 0 heterocycles. The van der Waals surface area contributed by atoms with Gasteiger partial charge in [0.25, 0.3) is 0 Å². The Morgan fingerprint density at radius 1 is 1.47 bits per heavy atom. The summed E-state index contributed by atoms with van der Waals surface area (Å²) in [6.07, 6.45) is 0. The van der Waals surface area contributed by atoms with Gasteiger partial charge in [0.05, 0.1) is 15.8 Å². The Hall–Kier alpha value is -0.0900. The molecule has 0 saturated carbocycles. The summed E-state index contributed by atoms with van der Waals surface area (Å²) in [5, 5.41) is 0.948. The van der Waals surface area contributed by atoms with Crippen LogP contribution in [0.5, 0.6) is 0 Å². The SMILES string of the molecule is CC(CN)S(=O)Cc1cccc(Cl)c1Cl. The van der Waals surface area contributed by atoms with E-state index in [1.807, 2.05) is 13.0 Å². The topological polar surface area (TPSA) is 43.1 Å². The number of nitrogens with two attached hydrogens (primary N) is 1. The van der Waals surface area contributed by atoms with Crippen LogP contribution in [0.2, 0.25) is 10.0 Å². The fourth-order valence-electron chi connectivity index (χ4n) is 1.06. The summed E-state index contributed by atoms with van der Waals surface area (Å²) in [7, 11) is -1.00. The lowest BCUT2D eigenvalue weighted by Gasteiger charge is -2.10. The molecule has 0 aliphatic rings. The average molecular weight is 266 g/mol. The predicted octanol–water partition coefficient (Wildman–Crippen LogP) is 2.59. The zero-order valence-electron chi connectivity index (χ0n) is 8.37. The van der Waals surface area contributed by atoms with Gasteiger partial charge < -0.3 is 5.73 Å². The van der Waals surface area contributed by atoms with Gasteiger partial charge in [0, 0.05) is 22.6 Å². The first-order chi connectivity index (χ1) is 7.06. The predicted molar refractivity (Wildman–Crippen MR) is 66.8 cm³/mol. The van der Waals surface area contributed by atoms with Gasteiger partial charge in [-0.05, 0) is 18.6 Å². The summed E-state index contributed by atoms with van der Waals surface area (Å²) in [5.74, 6) is 0.401. The second kappa shape index (κ2) is 5.85. The van der Waals surface area contributed by atoms with E-state index in [2.05, 4.69) is 0 Å². The molecular formula is C10H13Cl2NOS. The Morgan fingerprint density at radius 3 is 2.73 bits per heavy atom. The number of benzene rings is 1. The van der Waals surface area contributed by atoms with E-state index in [0.717, 1.165) is 5.56 Å². The van der Waals surface area contributed by atoms with E-state index in [0.29, 0.717) is 22.3 Å². The fraction of sp³-hybridized carbons (Fsp3) is 0.400. The van der Waals surface area contributed by atoms with Crippen molar-refractivity contribution in [3.8, 4) is 0 Å². The van der Waals surface area contributed by atoms with Gasteiger partial charge in [-0.25, -0.2) is 0 Å². The van der Waals surface area contributed by atoms with Crippen LogP contribution in [-0.4, -0.2) is 16.0 Å². The lowest BCUT2D eigenvalue weighted by atomic mass is 10.2. The van der Waals surface area contributed by atoms with Crippen LogP contribution < -0.4 is 5.73 Å². The summed E-state index contributed by atoms with van der Waals surface area (Å²) in [6, 6.07) is 5.34. The van der Waals surface area contributed by atoms with E-state index in [4.69, 9.17) is 28.9 Å². The second-order valence-electron chi connectivity index (χ2n) is 3.28. The maximum absolute atomic E-state index is 11.7. The van der Waals surface area contributed by atoms with Crippen LogP contribution in [0.25, 0.3) is 0 Å². The van der Waals surface area contributed by atoms with Crippen LogP contribution in [0.4, 0.5) is 0 Å². The van der Waals surface area contributed by atoms with Gasteiger partial charge in [0.15, 0.2) is 0 Å². The lowest BCUT2D eigenvalue weighted by molar-refractivity contribution is 0.672. The third kappa shape index (κ3) is 3.45. The lowest BCUT2D eigenvalue weighted by Crippen LogP contribution is -2.22. The molecule has 0 aliphatic heterocycles. The van der Waals surface area contributed by atoms with E-state index < -0.39 is 10.8 Å². The molecule has 0 amide bonds. The van der Waals surface area contributed by atoms with Crippen LogP contribution in [-0.2, 0) is 16.6 Å². The standard InChI is InChI=1S/C10H13Cl2NOS/c1-7(5-13)15(14)6-8-3-2-4-9(11)10(8)12/h2-4,7H,5-6,13H2,1H3. The van der Waals surface area contributed by atoms with Crippen molar-refractivity contribution in [3.63, 3.8) is 0 Å². The molecule has 0 spiro atoms. The molecular weight excluding hydrogens is 253 g/mol. The van der Waals surface area contributed by atoms with Crippen molar-refractivity contribution in [1.82, 2.24) is 0 Å². The monoisotopic (exact) mass is 265 g/mol. The Kier molecular flexibility index (Phi) is 5.06. The molecule has 0 bridgehead atoms. The van der Waals surface area contributed by atoms with Gasteiger partial charge in [0.1, 0.15) is 0 Å². The minimum absolute atomic E-state index is 0.0277. The molecule has 2 unspecified atom stereocenters. The molecule has 15 heavy (non-hydrogen) atoms. The first-order valence-corrected chi connectivity index (χ1v) is 6.70. The summed E-state index contributed by atoms with van der Waals surface area (Å²) >= 11 is 11.8. The van der Waals surface area contributed by atoms with Gasteiger partial charge in [-0.3, -0.25) is 4.21 Å². The number of hydrogen-bond acceptors (Lipinski definition) is 2. The minimum atomic E-state index is -1.00. The van der Waals surface area contributed by atoms with Crippen molar-refractivity contribution < 1.29 is 4.21 Å². The van der Waals surface area contributed by atoms with Crippen LogP contribution in [0.15, 0.2) is 18.2 Å². The van der Waals surface area contributed by atoms with Gasteiger partial charge in [-0.1, -0.05) is 35.3 Å². The molecule has 0 saturated heterocycles. The molecule has 5 heteroatoms. The van der Waals surface area contributed by atoms with E-state index >= 15 is 0 Å². The summed E-state index contributed by atoms with van der Waals surface area (Å²) < 4.78 is 11.7. The maximum atomic E-state index is 11.7. The molecule has 0 radical (unpaired) electrons. The van der Waals surface area contributed by atoms with E-state index in [-0.39, 0.29) is 5.25 Å². The maximum Gasteiger partial charge on any atom is 0.0633 e. The zero-order valence-corrected chi connectivity index (χ0v) is 10.7. The highest BCUT2D eigenvalue weighted by atomic mass is 35.5. The quantitative estimate of drug-likeness (QED) is 0.910. The minimum Gasteiger partial charge on any atom is -0.329 e. The molecule has 0 aromatic heterocycles. The van der Waals surface area contributed by atoms with Crippen molar-refractivity contribution in [3.05, 3.63) is 33.8 Å². The summed E-state index contributed by atoms with van der Waals surface area (Å²) in [5.41, 5.74) is 6.25. The highest BCUT2D eigenvalue weighted by molar-refractivity contribution is 7.84. The number of hydrogen-bond donors (Lipinski definition) is 1. The molecule has 2 atom stereocenters. The van der Waals surface area contributed by atoms with Crippen LogP contribution in [0.1, 0.15) is 12.5 Å². The highest BCUT2D eigenvalue weighted by Crippen LogP contribution is 2.26. The fourth-order valence-corrected chi connectivity index (χ4v) is 2.58. The molecule has 0 aliphatic carbocycles. The van der Waals surface area contributed by atoms with Gasteiger partial charge in [0.2, 0.25) is 0 Å². The van der Waals surface area contributed by atoms with E-state index in [9.17, 15) is 4.21 Å². The largest absolute Gasteiger partial charge is 0.329 e. The number of rotatable bonds is 4. The smallest absolute Gasteiger partial charge is 0.0633 e. The third-order valence-electron chi connectivity index (χ3n) is 2.11. The first kappa shape index (κ1) is 13.0. The first-order valence-electron chi connectivity index (χ1n) is 4.56. The Balaban J connectivity index is 2.81. The van der Waals surface area contributed by atoms with E-state index in [1.54, 1.807) is 12.1 Å². The Bertz CT molecular complexity index is 370. The highest BCUT2D eigenvalue weighted by Gasteiger charge is 2.12. The molecule has 2 N–H and O–H groups in total. The zero-order chi connectivity index (χ0) is 11.4. The molecule has 84 valence electrons. The van der Waals surface area contributed by atoms with Gasteiger partial charge in [-0.2, -0.15) is 0 Å². The van der Waals surface area contributed by atoms with Gasteiger partial charge in [-0.15, -0.1) is 0 Å². The van der Waals surface area contributed by atoms with Crippen molar-refractivity contribution in [2.75, 3.05) is 6.54 Å². The Morgan fingerprint density at radius 2 is 2.13 bits per heavy atom. The normalized spacial score (nSPS) is 14.9. The number of halogens is 2. The molecule has 1 aromatic rings. The average Bonchev–Trinajstić information content (AvgIpc) is 2.23. The molecule has 2 nitrogen and oxygen atoms in total. The van der Waals surface area contributed by atoms with Crippen LogP contribution >= 0.6 is 23.2 Å². The summed E-state index contributed by atoms with van der Waals surface area (Å²) in [4.78, 5) is 0. The molecule has 1 aromatic carbocycles. The van der Waals surface area contributed by atoms with Crippen LogP contribution in [0.3, 0.4) is 0 Å². The van der Waals surface area contributed by atoms with Crippen molar-refractivity contribution in [1.29, 1.82) is 0 Å². The summed E-state index contributed by atoms with van der Waals surface area (Å²) in [6.45, 7) is 2.26. The van der Waals surface area contributed by atoms with Crippen LogP contribution in [0, 0.1) is 0 Å². The van der Waals surface area contributed by atoms with Gasteiger partial charge >= 0.3 is 0 Å². The Labute approximate surface area is 102 Å². The van der Waals surface area contributed by atoms with Crippen molar-refractivity contribution in [2.45, 2.75) is 17.9 Å². The van der Waals surface area contributed by atoms with Crippen molar-refractivity contribution >= 4 is 34.0 Å². The molecule has 1 rings (SSSR count). The van der Waals surface area contributed by atoms with E-state index in [1.165, 1.54) is 0 Å². The van der Waals surface area contributed by atoms with Crippen molar-refractivity contribution in [2.24, 2.45) is 5.73 Å². The molecule has 0 fully saturated rings.